The molecule has 0 aliphatic heterocycles. The summed E-state index contributed by atoms with van der Waals surface area (Å²) >= 11 is 0. The minimum atomic E-state index is 0.114. The highest BCUT2D eigenvalue weighted by Gasteiger charge is 2.07. The third kappa shape index (κ3) is 18.0. The predicted molar refractivity (Wildman–Crippen MR) is 103 cm³/mol. The molecule has 8 heteroatoms. The predicted octanol–water partition coefficient (Wildman–Crippen LogP) is 0.0724. The smallest absolute Gasteiger partial charge is 0.224 e. The Labute approximate surface area is 159 Å². The molecule has 156 valence electrons. The SMILES string of the molecule is CNCCCN(C)C(=O)CCOCCOCCOCCOCCN(C)C. The van der Waals surface area contributed by atoms with Crippen LogP contribution in [0.3, 0.4) is 0 Å². The molecular formula is C18H39N3O5. The summed E-state index contributed by atoms with van der Waals surface area (Å²) in [5.41, 5.74) is 0. The number of hydrogen-bond acceptors (Lipinski definition) is 7. The summed E-state index contributed by atoms with van der Waals surface area (Å²) in [6, 6.07) is 0. The molecule has 0 rings (SSSR count). The summed E-state index contributed by atoms with van der Waals surface area (Å²) in [6.45, 7) is 7.02. The molecule has 0 bridgehead atoms. The van der Waals surface area contributed by atoms with Gasteiger partial charge in [0.2, 0.25) is 5.91 Å². The van der Waals surface area contributed by atoms with Crippen molar-refractivity contribution in [2.75, 3.05) is 101 Å². The average molecular weight is 378 g/mol. The van der Waals surface area contributed by atoms with Crippen LogP contribution in [-0.4, -0.2) is 116 Å². The van der Waals surface area contributed by atoms with Crippen LogP contribution in [0.5, 0.6) is 0 Å². The van der Waals surface area contributed by atoms with E-state index in [2.05, 4.69) is 10.2 Å². The van der Waals surface area contributed by atoms with Crippen molar-refractivity contribution in [2.45, 2.75) is 12.8 Å². The largest absolute Gasteiger partial charge is 0.379 e. The molecule has 0 saturated heterocycles. The van der Waals surface area contributed by atoms with Crippen molar-refractivity contribution in [3.63, 3.8) is 0 Å². The first kappa shape index (κ1) is 25.2. The van der Waals surface area contributed by atoms with Crippen LogP contribution in [0.2, 0.25) is 0 Å². The molecule has 0 aliphatic rings. The molecule has 0 spiro atoms. The summed E-state index contributed by atoms with van der Waals surface area (Å²) in [4.78, 5) is 15.7. The minimum Gasteiger partial charge on any atom is -0.379 e. The summed E-state index contributed by atoms with van der Waals surface area (Å²) in [5.74, 6) is 0.114. The van der Waals surface area contributed by atoms with E-state index in [1.165, 1.54) is 0 Å². The van der Waals surface area contributed by atoms with Crippen molar-refractivity contribution in [2.24, 2.45) is 0 Å². The normalized spacial score (nSPS) is 11.3. The van der Waals surface area contributed by atoms with Crippen LogP contribution in [0.25, 0.3) is 0 Å². The van der Waals surface area contributed by atoms with Crippen LogP contribution in [0.1, 0.15) is 12.8 Å². The summed E-state index contributed by atoms with van der Waals surface area (Å²) in [6.07, 6.45) is 1.37. The van der Waals surface area contributed by atoms with Crippen molar-refractivity contribution in [1.29, 1.82) is 0 Å². The summed E-state index contributed by atoms with van der Waals surface area (Å²) < 4.78 is 21.7. The van der Waals surface area contributed by atoms with E-state index in [9.17, 15) is 4.79 Å². The maximum Gasteiger partial charge on any atom is 0.224 e. The second-order valence-corrected chi connectivity index (χ2v) is 6.28. The van der Waals surface area contributed by atoms with E-state index in [0.29, 0.717) is 52.7 Å². The van der Waals surface area contributed by atoms with Gasteiger partial charge in [-0.3, -0.25) is 4.79 Å². The fourth-order valence-corrected chi connectivity index (χ4v) is 1.98. The van der Waals surface area contributed by atoms with E-state index in [1.54, 1.807) is 4.90 Å². The Hall–Kier alpha value is -0.770. The fourth-order valence-electron chi connectivity index (χ4n) is 1.98. The quantitative estimate of drug-likeness (QED) is 0.320. The van der Waals surface area contributed by atoms with Gasteiger partial charge < -0.3 is 34.1 Å². The van der Waals surface area contributed by atoms with Gasteiger partial charge in [-0.1, -0.05) is 0 Å². The number of nitrogens with zero attached hydrogens (tertiary/aromatic N) is 2. The summed E-state index contributed by atoms with van der Waals surface area (Å²) in [5, 5.41) is 3.07. The molecule has 0 radical (unpaired) electrons. The molecule has 0 aliphatic carbocycles. The lowest BCUT2D eigenvalue weighted by Crippen LogP contribution is -2.30. The first-order valence-corrected chi connectivity index (χ1v) is 9.42. The van der Waals surface area contributed by atoms with Gasteiger partial charge in [0.05, 0.1) is 59.3 Å². The standard InChI is InChI=1S/C18H39N3O5/c1-19-7-5-8-21(4)18(22)6-10-23-12-14-25-16-17-26-15-13-24-11-9-20(2)3/h19H,5-17H2,1-4H3. The molecule has 1 amide bonds. The number of rotatable bonds is 19. The van der Waals surface area contributed by atoms with Crippen molar-refractivity contribution in [1.82, 2.24) is 15.1 Å². The van der Waals surface area contributed by atoms with Crippen molar-refractivity contribution >= 4 is 5.91 Å². The highest BCUT2D eigenvalue weighted by Crippen LogP contribution is 1.94. The van der Waals surface area contributed by atoms with E-state index in [0.717, 1.165) is 32.7 Å². The Kier molecular flexibility index (Phi) is 18.4. The second kappa shape index (κ2) is 19.0. The number of hydrogen-bond donors (Lipinski definition) is 1. The lowest BCUT2D eigenvalue weighted by molar-refractivity contribution is -0.131. The molecule has 0 aromatic heterocycles. The number of carbonyl (C=O) groups excluding carboxylic acids is 1. The van der Waals surface area contributed by atoms with Crippen LogP contribution >= 0.6 is 0 Å². The van der Waals surface area contributed by atoms with Crippen LogP contribution in [0.15, 0.2) is 0 Å². The van der Waals surface area contributed by atoms with Gasteiger partial charge in [-0.2, -0.15) is 0 Å². The van der Waals surface area contributed by atoms with Crippen LogP contribution in [0.4, 0.5) is 0 Å². The van der Waals surface area contributed by atoms with Crippen LogP contribution in [-0.2, 0) is 23.7 Å². The second-order valence-electron chi connectivity index (χ2n) is 6.28. The lowest BCUT2D eigenvalue weighted by Gasteiger charge is -2.17. The van der Waals surface area contributed by atoms with Gasteiger partial charge in [0.25, 0.3) is 0 Å². The number of amides is 1. The van der Waals surface area contributed by atoms with E-state index >= 15 is 0 Å². The van der Waals surface area contributed by atoms with Gasteiger partial charge in [0, 0.05) is 20.1 Å². The number of carbonyl (C=O) groups is 1. The van der Waals surface area contributed by atoms with E-state index in [1.807, 2.05) is 28.2 Å². The molecule has 0 saturated carbocycles. The van der Waals surface area contributed by atoms with E-state index < -0.39 is 0 Å². The lowest BCUT2D eigenvalue weighted by atomic mass is 10.3. The molecule has 0 aromatic rings. The zero-order valence-electron chi connectivity index (χ0n) is 17.1. The zero-order valence-corrected chi connectivity index (χ0v) is 17.1. The fraction of sp³-hybridized carbons (Fsp3) is 0.944. The maximum absolute atomic E-state index is 11.8. The average Bonchev–Trinajstić information content (AvgIpc) is 2.61. The van der Waals surface area contributed by atoms with Gasteiger partial charge in [0.1, 0.15) is 0 Å². The molecule has 26 heavy (non-hydrogen) atoms. The Bertz CT molecular complexity index is 319. The monoisotopic (exact) mass is 377 g/mol. The van der Waals surface area contributed by atoms with Crippen LogP contribution in [0, 0.1) is 0 Å². The van der Waals surface area contributed by atoms with Gasteiger partial charge >= 0.3 is 0 Å². The Morgan fingerprint density at radius 2 is 1.27 bits per heavy atom. The molecule has 0 aromatic carbocycles. The molecule has 1 N–H and O–H groups in total. The van der Waals surface area contributed by atoms with Crippen molar-refractivity contribution < 1.29 is 23.7 Å². The highest BCUT2D eigenvalue weighted by atomic mass is 16.6. The van der Waals surface area contributed by atoms with Gasteiger partial charge in [-0.25, -0.2) is 0 Å². The first-order valence-electron chi connectivity index (χ1n) is 9.42. The Morgan fingerprint density at radius 3 is 1.77 bits per heavy atom. The van der Waals surface area contributed by atoms with E-state index in [4.69, 9.17) is 18.9 Å². The Balaban J connectivity index is 3.22. The third-order valence-corrected chi connectivity index (χ3v) is 3.61. The number of nitrogens with one attached hydrogen (secondary N) is 1. The Morgan fingerprint density at radius 1 is 0.769 bits per heavy atom. The minimum absolute atomic E-state index is 0.114. The molecule has 0 atom stereocenters. The van der Waals surface area contributed by atoms with Crippen molar-refractivity contribution in [3.8, 4) is 0 Å². The van der Waals surface area contributed by atoms with Crippen LogP contribution < -0.4 is 5.32 Å². The van der Waals surface area contributed by atoms with Crippen molar-refractivity contribution in [3.05, 3.63) is 0 Å². The summed E-state index contributed by atoms with van der Waals surface area (Å²) in [7, 11) is 7.77. The topological polar surface area (TPSA) is 72.5 Å². The highest BCUT2D eigenvalue weighted by molar-refractivity contribution is 5.75. The zero-order chi connectivity index (χ0) is 19.5. The van der Waals surface area contributed by atoms with Gasteiger partial charge in [-0.15, -0.1) is 0 Å². The molecule has 0 fully saturated rings. The first-order chi connectivity index (χ1) is 12.6. The number of likely N-dealkylation sites (N-methyl/N-ethyl adjacent to an activating group) is 1. The molecule has 8 nitrogen and oxygen atoms in total. The van der Waals surface area contributed by atoms with Gasteiger partial charge in [-0.05, 0) is 34.1 Å². The van der Waals surface area contributed by atoms with Gasteiger partial charge in [0.15, 0.2) is 0 Å². The maximum atomic E-state index is 11.8. The molecule has 0 heterocycles. The molecule has 0 unspecified atom stereocenters. The third-order valence-electron chi connectivity index (χ3n) is 3.61. The molecular weight excluding hydrogens is 338 g/mol. The number of ether oxygens (including phenoxy) is 4. The van der Waals surface area contributed by atoms with E-state index in [-0.39, 0.29) is 5.91 Å².